The van der Waals surface area contributed by atoms with Crippen LogP contribution < -0.4 is 14.8 Å². The highest BCUT2D eigenvalue weighted by atomic mass is 32.2. The molecule has 0 unspecified atom stereocenters. The molecule has 2 aromatic rings. The van der Waals surface area contributed by atoms with E-state index >= 15 is 0 Å². The van der Waals surface area contributed by atoms with Gasteiger partial charge in [0.1, 0.15) is 11.5 Å². The fraction of sp³-hybridized carbons (Fsp3) is 0.381. The molecular formula is C21H26N2O5S. The number of carbonyl (C=O) groups excluding carboxylic acids is 1. The molecule has 0 radical (unpaired) electrons. The van der Waals surface area contributed by atoms with Gasteiger partial charge in [-0.15, -0.1) is 0 Å². The summed E-state index contributed by atoms with van der Waals surface area (Å²) < 4.78 is 38.1. The molecule has 0 spiro atoms. The summed E-state index contributed by atoms with van der Waals surface area (Å²) in [5.41, 5.74) is 1.32. The van der Waals surface area contributed by atoms with Crippen molar-refractivity contribution < 1.29 is 22.7 Å². The molecule has 1 amide bonds. The second-order valence-corrected chi connectivity index (χ2v) is 8.92. The van der Waals surface area contributed by atoms with E-state index in [1.165, 1.54) is 23.5 Å². The van der Waals surface area contributed by atoms with Crippen LogP contribution in [0.1, 0.15) is 24.8 Å². The van der Waals surface area contributed by atoms with Gasteiger partial charge in [0.25, 0.3) is 5.91 Å². The Bertz CT molecular complexity index is 969. The first-order chi connectivity index (χ1) is 13.9. The van der Waals surface area contributed by atoms with Gasteiger partial charge in [0.05, 0.1) is 17.7 Å². The summed E-state index contributed by atoms with van der Waals surface area (Å²) >= 11 is 0. The number of piperidine rings is 1. The van der Waals surface area contributed by atoms with Gasteiger partial charge < -0.3 is 14.8 Å². The largest absolute Gasteiger partial charge is 0.495 e. The molecule has 1 aliphatic heterocycles. The number of carbonyl (C=O) groups is 1. The molecule has 0 aromatic heterocycles. The molecule has 3 rings (SSSR count). The minimum absolute atomic E-state index is 0.134. The quantitative estimate of drug-likeness (QED) is 0.746. The van der Waals surface area contributed by atoms with E-state index in [1.807, 2.05) is 25.1 Å². The lowest BCUT2D eigenvalue weighted by atomic mass is 10.2. The van der Waals surface area contributed by atoms with Crippen molar-refractivity contribution in [2.24, 2.45) is 0 Å². The number of amides is 1. The van der Waals surface area contributed by atoms with Crippen LogP contribution in [0.4, 0.5) is 5.69 Å². The van der Waals surface area contributed by atoms with Crippen molar-refractivity contribution >= 4 is 21.6 Å². The zero-order valence-corrected chi connectivity index (χ0v) is 17.5. The van der Waals surface area contributed by atoms with Crippen LogP contribution in [-0.4, -0.2) is 45.4 Å². The summed E-state index contributed by atoms with van der Waals surface area (Å²) in [6, 6.07) is 11.9. The van der Waals surface area contributed by atoms with Gasteiger partial charge in [-0.3, -0.25) is 4.79 Å². The molecule has 0 atom stereocenters. The lowest BCUT2D eigenvalue weighted by molar-refractivity contribution is -0.118. The first-order valence-corrected chi connectivity index (χ1v) is 11.0. The number of hydrogen-bond donors (Lipinski definition) is 1. The SMILES string of the molecule is COc1ccc(S(=O)(=O)N2CCCCC2)cc1NC(=O)COc1cccc(C)c1. The second-order valence-electron chi connectivity index (χ2n) is 6.98. The molecule has 8 heteroatoms. The van der Waals surface area contributed by atoms with Gasteiger partial charge in [0.15, 0.2) is 6.61 Å². The molecule has 1 saturated heterocycles. The molecule has 2 aromatic carbocycles. The number of nitrogens with zero attached hydrogens (tertiary/aromatic N) is 1. The van der Waals surface area contributed by atoms with Crippen LogP contribution in [0.5, 0.6) is 11.5 Å². The van der Waals surface area contributed by atoms with E-state index in [0.717, 1.165) is 24.8 Å². The van der Waals surface area contributed by atoms with Crippen LogP contribution in [0.3, 0.4) is 0 Å². The van der Waals surface area contributed by atoms with E-state index in [0.29, 0.717) is 30.3 Å². The summed E-state index contributed by atoms with van der Waals surface area (Å²) in [5.74, 6) is 0.567. The van der Waals surface area contributed by atoms with Crippen molar-refractivity contribution in [1.82, 2.24) is 4.31 Å². The maximum Gasteiger partial charge on any atom is 0.262 e. The van der Waals surface area contributed by atoms with Gasteiger partial charge >= 0.3 is 0 Å². The van der Waals surface area contributed by atoms with E-state index in [2.05, 4.69) is 5.32 Å². The maximum atomic E-state index is 12.9. The zero-order valence-electron chi connectivity index (χ0n) is 16.7. The number of methoxy groups -OCH3 is 1. The van der Waals surface area contributed by atoms with Gasteiger partial charge in [-0.2, -0.15) is 4.31 Å². The van der Waals surface area contributed by atoms with Crippen molar-refractivity contribution in [3.63, 3.8) is 0 Å². The lowest BCUT2D eigenvalue weighted by Crippen LogP contribution is -2.35. The molecule has 0 saturated carbocycles. The highest BCUT2D eigenvalue weighted by Gasteiger charge is 2.27. The molecule has 1 heterocycles. The Morgan fingerprint density at radius 1 is 1.10 bits per heavy atom. The first-order valence-electron chi connectivity index (χ1n) is 9.57. The van der Waals surface area contributed by atoms with Gasteiger partial charge in [0, 0.05) is 13.1 Å². The second kappa shape index (κ2) is 9.28. The van der Waals surface area contributed by atoms with Crippen LogP contribution in [0.25, 0.3) is 0 Å². The predicted molar refractivity (Wildman–Crippen MR) is 111 cm³/mol. The van der Waals surface area contributed by atoms with Gasteiger partial charge in [-0.1, -0.05) is 18.6 Å². The number of hydrogen-bond acceptors (Lipinski definition) is 5. The monoisotopic (exact) mass is 418 g/mol. The van der Waals surface area contributed by atoms with Crippen molar-refractivity contribution in [2.75, 3.05) is 32.1 Å². The Morgan fingerprint density at radius 2 is 1.86 bits per heavy atom. The van der Waals surface area contributed by atoms with Gasteiger partial charge in [-0.25, -0.2) is 8.42 Å². The Morgan fingerprint density at radius 3 is 2.55 bits per heavy atom. The van der Waals surface area contributed by atoms with E-state index in [9.17, 15) is 13.2 Å². The molecule has 7 nitrogen and oxygen atoms in total. The van der Waals surface area contributed by atoms with Crippen LogP contribution in [-0.2, 0) is 14.8 Å². The molecular weight excluding hydrogens is 392 g/mol. The molecule has 0 bridgehead atoms. The standard InChI is InChI=1S/C21H26N2O5S/c1-16-7-6-8-17(13-16)28-15-21(24)22-19-14-18(9-10-20(19)27-2)29(25,26)23-11-4-3-5-12-23/h6-10,13-14H,3-5,11-12,15H2,1-2H3,(H,22,24). The third-order valence-corrected chi connectivity index (χ3v) is 6.65. The Hall–Kier alpha value is -2.58. The number of anilines is 1. The number of nitrogens with one attached hydrogen (secondary N) is 1. The van der Waals surface area contributed by atoms with E-state index in [1.54, 1.807) is 12.1 Å². The molecule has 29 heavy (non-hydrogen) atoms. The summed E-state index contributed by atoms with van der Waals surface area (Å²) in [6.45, 7) is 2.77. The Labute approximate surface area is 171 Å². The highest BCUT2D eigenvalue weighted by molar-refractivity contribution is 7.89. The minimum atomic E-state index is -3.61. The first kappa shape index (κ1) is 21.1. The van der Waals surface area contributed by atoms with Crippen molar-refractivity contribution in [2.45, 2.75) is 31.1 Å². The zero-order chi connectivity index (χ0) is 20.9. The number of rotatable bonds is 7. The molecule has 1 fully saturated rings. The molecule has 1 N–H and O–H groups in total. The summed E-state index contributed by atoms with van der Waals surface area (Å²) in [6.07, 6.45) is 2.75. The van der Waals surface area contributed by atoms with E-state index in [-0.39, 0.29) is 11.5 Å². The van der Waals surface area contributed by atoms with Crippen molar-refractivity contribution in [3.05, 3.63) is 48.0 Å². The average molecular weight is 419 g/mol. The van der Waals surface area contributed by atoms with Crippen LogP contribution in [0.2, 0.25) is 0 Å². The molecule has 156 valence electrons. The number of aryl methyl sites for hydroxylation is 1. The van der Waals surface area contributed by atoms with Gasteiger partial charge in [-0.05, 0) is 55.7 Å². The number of benzene rings is 2. The third-order valence-electron chi connectivity index (χ3n) is 4.76. The topological polar surface area (TPSA) is 84.9 Å². The third kappa shape index (κ3) is 5.27. The summed E-state index contributed by atoms with van der Waals surface area (Å²) in [5, 5.41) is 2.69. The fourth-order valence-corrected chi connectivity index (χ4v) is 4.78. The Balaban J connectivity index is 1.73. The minimum Gasteiger partial charge on any atom is -0.495 e. The fourth-order valence-electron chi connectivity index (χ4n) is 3.24. The summed E-state index contributed by atoms with van der Waals surface area (Å²) in [4.78, 5) is 12.5. The highest BCUT2D eigenvalue weighted by Crippen LogP contribution is 2.30. The normalized spacial score (nSPS) is 15.0. The average Bonchev–Trinajstić information content (AvgIpc) is 2.73. The predicted octanol–water partition coefficient (Wildman–Crippen LogP) is 3.20. The molecule has 1 aliphatic rings. The summed E-state index contributed by atoms with van der Waals surface area (Å²) in [7, 11) is -2.14. The molecule has 0 aliphatic carbocycles. The smallest absolute Gasteiger partial charge is 0.262 e. The van der Waals surface area contributed by atoms with E-state index in [4.69, 9.17) is 9.47 Å². The van der Waals surface area contributed by atoms with Crippen molar-refractivity contribution in [1.29, 1.82) is 0 Å². The Kier molecular flexibility index (Phi) is 6.76. The van der Waals surface area contributed by atoms with Crippen molar-refractivity contribution in [3.8, 4) is 11.5 Å². The van der Waals surface area contributed by atoms with Crippen LogP contribution >= 0.6 is 0 Å². The van der Waals surface area contributed by atoms with E-state index < -0.39 is 15.9 Å². The lowest BCUT2D eigenvalue weighted by Gasteiger charge is -2.26. The van der Waals surface area contributed by atoms with Crippen LogP contribution in [0, 0.1) is 6.92 Å². The van der Waals surface area contributed by atoms with Crippen LogP contribution in [0.15, 0.2) is 47.4 Å². The number of sulfonamides is 1. The number of ether oxygens (including phenoxy) is 2. The maximum absolute atomic E-state index is 12.9. The van der Waals surface area contributed by atoms with Gasteiger partial charge in [0.2, 0.25) is 10.0 Å².